The average Bonchev–Trinajstić information content (AvgIpc) is 2.68. The van der Waals surface area contributed by atoms with Gasteiger partial charge in [-0.1, -0.05) is 13.8 Å². The fourth-order valence-electron chi connectivity index (χ4n) is 1.73. The summed E-state index contributed by atoms with van der Waals surface area (Å²) in [5, 5.41) is 3.23. The number of nitrogens with zero attached hydrogens (tertiary/aromatic N) is 1. The quantitative estimate of drug-likeness (QED) is 0.811. The fraction of sp³-hybridized carbons (Fsp3) is 0.462. The molecule has 0 amide bonds. The van der Waals surface area contributed by atoms with Crippen LogP contribution in [0.1, 0.15) is 20.3 Å². The van der Waals surface area contributed by atoms with Gasteiger partial charge in [0, 0.05) is 12.4 Å². The van der Waals surface area contributed by atoms with Gasteiger partial charge in [0.05, 0.1) is 11.0 Å². The zero-order valence-electron chi connectivity index (χ0n) is 10.6. The Morgan fingerprint density at radius 2 is 2.22 bits per heavy atom. The molecule has 0 radical (unpaired) electrons. The third kappa shape index (κ3) is 3.13. The lowest BCUT2D eigenvalue weighted by molar-refractivity contribution is 0.378. The number of aromatic nitrogens is 2. The van der Waals surface area contributed by atoms with Gasteiger partial charge in [0.1, 0.15) is 5.82 Å². The molecule has 2 N–H and O–H groups in total. The number of aromatic amines is 1. The Kier molecular flexibility index (Phi) is 3.76. The number of hydrogen-bond donors (Lipinski definition) is 2. The Bertz CT molecular complexity index is 536. The van der Waals surface area contributed by atoms with E-state index in [4.69, 9.17) is 11.6 Å². The van der Waals surface area contributed by atoms with E-state index in [-0.39, 0.29) is 11.2 Å². The Balaban J connectivity index is 2.08. The number of benzene rings is 1. The number of H-pyrrole nitrogens is 1. The van der Waals surface area contributed by atoms with E-state index in [2.05, 4.69) is 29.1 Å². The minimum absolute atomic E-state index is 0.103. The molecular formula is C13H17ClFN3. The number of alkyl halides is 1. The van der Waals surface area contributed by atoms with Gasteiger partial charge in [-0.05, 0) is 30.0 Å². The molecule has 3 nitrogen and oxygen atoms in total. The zero-order valence-corrected chi connectivity index (χ0v) is 11.3. The van der Waals surface area contributed by atoms with Crippen LogP contribution in [0.4, 0.5) is 10.3 Å². The third-order valence-corrected chi connectivity index (χ3v) is 3.14. The van der Waals surface area contributed by atoms with E-state index >= 15 is 0 Å². The first-order valence-corrected chi connectivity index (χ1v) is 6.49. The minimum Gasteiger partial charge on any atom is -0.355 e. The van der Waals surface area contributed by atoms with Crippen LogP contribution in [0.2, 0.25) is 0 Å². The van der Waals surface area contributed by atoms with Gasteiger partial charge in [-0.25, -0.2) is 9.37 Å². The molecule has 1 aromatic carbocycles. The summed E-state index contributed by atoms with van der Waals surface area (Å²) in [5.41, 5.74) is 1.56. The van der Waals surface area contributed by atoms with Crippen molar-refractivity contribution in [1.29, 1.82) is 0 Å². The Morgan fingerprint density at radius 3 is 2.94 bits per heavy atom. The molecule has 0 aliphatic heterocycles. The van der Waals surface area contributed by atoms with Crippen LogP contribution >= 0.6 is 11.6 Å². The number of rotatable bonds is 5. The smallest absolute Gasteiger partial charge is 0.201 e. The second kappa shape index (κ2) is 5.14. The van der Waals surface area contributed by atoms with Crippen molar-refractivity contribution in [2.24, 2.45) is 5.41 Å². The standard InChI is InChI=1S/C13H17ClFN3/c1-13(2,5-6-14)8-16-12-17-10-4-3-9(15)7-11(10)18-12/h3-4,7H,5-6,8H2,1-2H3,(H2,16,17,18). The summed E-state index contributed by atoms with van der Waals surface area (Å²) in [5.74, 6) is 1.04. The SMILES string of the molecule is CC(C)(CCCl)CNc1nc2ccc(F)cc2[nH]1. The molecule has 1 aromatic heterocycles. The first-order valence-electron chi connectivity index (χ1n) is 5.95. The second-order valence-electron chi connectivity index (χ2n) is 5.20. The molecule has 0 aliphatic carbocycles. The van der Waals surface area contributed by atoms with E-state index in [0.717, 1.165) is 18.5 Å². The summed E-state index contributed by atoms with van der Waals surface area (Å²) >= 11 is 5.76. The van der Waals surface area contributed by atoms with Gasteiger partial charge in [-0.3, -0.25) is 0 Å². The molecule has 0 spiro atoms. The first kappa shape index (κ1) is 13.1. The highest BCUT2D eigenvalue weighted by molar-refractivity contribution is 6.17. The highest BCUT2D eigenvalue weighted by Crippen LogP contribution is 2.22. The van der Waals surface area contributed by atoms with Gasteiger partial charge < -0.3 is 10.3 Å². The Morgan fingerprint density at radius 1 is 1.44 bits per heavy atom. The molecule has 0 fully saturated rings. The Labute approximate surface area is 111 Å². The molecule has 0 unspecified atom stereocenters. The molecule has 0 saturated heterocycles. The monoisotopic (exact) mass is 269 g/mol. The van der Waals surface area contributed by atoms with Gasteiger partial charge in [-0.15, -0.1) is 11.6 Å². The number of hydrogen-bond acceptors (Lipinski definition) is 2. The number of fused-ring (bicyclic) bond motifs is 1. The molecule has 0 bridgehead atoms. The van der Waals surface area contributed by atoms with Gasteiger partial charge in [0.2, 0.25) is 5.95 Å². The van der Waals surface area contributed by atoms with Crippen molar-refractivity contribution in [1.82, 2.24) is 9.97 Å². The predicted molar refractivity (Wildman–Crippen MR) is 73.7 cm³/mol. The van der Waals surface area contributed by atoms with Gasteiger partial charge in [0.25, 0.3) is 0 Å². The Hall–Kier alpha value is -1.29. The van der Waals surface area contributed by atoms with Crippen LogP contribution in [0.15, 0.2) is 18.2 Å². The summed E-state index contributed by atoms with van der Waals surface area (Å²) in [7, 11) is 0. The summed E-state index contributed by atoms with van der Waals surface area (Å²) in [6, 6.07) is 4.51. The summed E-state index contributed by atoms with van der Waals surface area (Å²) in [4.78, 5) is 7.41. The van der Waals surface area contributed by atoms with Gasteiger partial charge in [-0.2, -0.15) is 0 Å². The van der Waals surface area contributed by atoms with Crippen molar-refractivity contribution in [3.05, 3.63) is 24.0 Å². The van der Waals surface area contributed by atoms with Crippen molar-refractivity contribution in [2.75, 3.05) is 17.7 Å². The van der Waals surface area contributed by atoms with Crippen LogP contribution in [-0.4, -0.2) is 22.4 Å². The van der Waals surface area contributed by atoms with Crippen molar-refractivity contribution in [3.63, 3.8) is 0 Å². The van der Waals surface area contributed by atoms with E-state index < -0.39 is 0 Å². The molecule has 1 heterocycles. The van der Waals surface area contributed by atoms with E-state index in [9.17, 15) is 4.39 Å². The van der Waals surface area contributed by atoms with Crippen LogP contribution in [0.3, 0.4) is 0 Å². The lowest BCUT2D eigenvalue weighted by atomic mass is 9.90. The topological polar surface area (TPSA) is 40.7 Å². The highest BCUT2D eigenvalue weighted by Gasteiger charge is 2.17. The number of anilines is 1. The minimum atomic E-state index is -0.264. The highest BCUT2D eigenvalue weighted by atomic mass is 35.5. The molecule has 0 atom stereocenters. The first-order chi connectivity index (χ1) is 8.50. The summed E-state index contributed by atoms with van der Waals surface area (Å²) in [6.07, 6.45) is 0.927. The zero-order chi connectivity index (χ0) is 13.2. The molecule has 0 aliphatic rings. The fourth-order valence-corrected chi connectivity index (χ4v) is 2.24. The molecule has 5 heteroatoms. The summed E-state index contributed by atoms with van der Waals surface area (Å²) < 4.78 is 13.0. The molecule has 2 aromatic rings. The maximum atomic E-state index is 13.0. The van der Waals surface area contributed by atoms with E-state index in [1.165, 1.54) is 12.1 Å². The van der Waals surface area contributed by atoms with E-state index in [1.807, 2.05) is 0 Å². The maximum Gasteiger partial charge on any atom is 0.201 e. The second-order valence-corrected chi connectivity index (χ2v) is 5.58. The van der Waals surface area contributed by atoms with Crippen molar-refractivity contribution in [3.8, 4) is 0 Å². The van der Waals surface area contributed by atoms with Crippen LogP contribution in [0.5, 0.6) is 0 Å². The van der Waals surface area contributed by atoms with Crippen LogP contribution in [0.25, 0.3) is 11.0 Å². The normalized spacial score (nSPS) is 12.0. The molecule has 18 heavy (non-hydrogen) atoms. The lowest BCUT2D eigenvalue weighted by Crippen LogP contribution is -2.23. The summed E-state index contributed by atoms with van der Waals surface area (Å²) in [6.45, 7) is 5.05. The predicted octanol–water partition coefficient (Wildman–Crippen LogP) is 3.77. The maximum absolute atomic E-state index is 13.0. The molecular weight excluding hydrogens is 253 g/mol. The number of imidazole rings is 1. The van der Waals surface area contributed by atoms with Gasteiger partial charge >= 0.3 is 0 Å². The molecule has 0 saturated carbocycles. The van der Waals surface area contributed by atoms with Crippen molar-refractivity contribution >= 4 is 28.6 Å². The van der Waals surface area contributed by atoms with Crippen LogP contribution < -0.4 is 5.32 Å². The molecule has 2 rings (SSSR count). The van der Waals surface area contributed by atoms with Crippen LogP contribution in [-0.2, 0) is 0 Å². The largest absolute Gasteiger partial charge is 0.355 e. The number of halogens is 2. The van der Waals surface area contributed by atoms with Crippen molar-refractivity contribution in [2.45, 2.75) is 20.3 Å². The van der Waals surface area contributed by atoms with Crippen LogP contribution in [0, 0.1) is 11.2 Å². The number of nitrogens with one attached hydrogen (secondary N) is 2. The van der Waals surface area contributed by atoms with Gasteiger partial charge in [0.15, 0.2) is 0 Å². The lowest BCUT2D eigenvalue weighted by Gasteiger charge is -2.23. The van der Waals surface area contributed by atoms with E-state index in [0.29, 0.717) is 17.3 Å². The third-order valence-electron chi connectivity index (χ3n) is 2.95. The van der Waals surface area contributed by atoms with E-state index in [1.54, 1.807) is 6.07 Å². The molecule has 98 valence electrons. The van der Waals surface area contributed by atoms with Crippen molar-refractivity contribution < 1.29 is 4.39 Å². The average molecular weight is 270 g/mol.